The van der Waals surface area contributed by atoms with Crippen LogP contribution in [0.3, 0.4) is 0 Å². The monoisotopic (exact) mass is 242 g/mol. The lowest BCUT2D eigenvalue weighted by Gasteiger charge is -2.44. The van der Waals surface area contributed by atoms with Crippen LogP contribution in [-0.2, 0) is 4.74 Å². The zero-order chi connectivity index (χ0) is 11.9. The van der Waals surface area contributed by atoms with Crippen molar-refractivity contribution in [1.82, 2.24) is 20.4 Å². The molecule has 0 aromatic carbocycles. The van der Waals surface area contributed by atoms with E-state index in [9.17, 15) is 0 Å². The Balaban J connectivity index is 1.82. The summed E-state index contributed by atoms with van der Waals surface area (Å²) >= 11 is 0. The fourth-order valence-electron chi connectivity index (χ4n) is 2.74. The van der Waals surface area contributed by atoms with Crippen LogP contribution in [0.15, 0.2) is 0 Å². The number of nitrogens with one attached hydrogen (secondary N) is 2. The largest absolute Gasteiger partial charge is 0.385 e. The first-order valence-electron chi connectivity index (χ1n) is 6.80. The molecular formula is C12H26N4O. The summed E-state index contributed by atoms with van der Waals surface area (Å²) in [5.74, 6) is 0. The average molecular weight is 242 g/mol. The van der Waals surface area contributed by atoms with Gasteiger partial charge in [0.25, 0.3) is 0 Å². The fraction of sp³-hybridized carbons (Fsp3) is 1.00. The first-order chi connectivity index (χ1) is 8.42. The standard InChI is InChI=1S/C12H26N4O/c1-17-10-2-6-15-9-5-14-11-12(15)16-7-3-13-4-8-16/h12-14H,2-11H2,1H3. The van der Waals surface area contributed by atoms with Gasteiger partial charge in [0.05, 0.1) is 6.17 Å². The molecule has 2 aliphatic rings. The molecule has 0 aromatic rings. The van der Waals surface area contributed by atoms with Crippen molar-refractivity contribution in [3.8, 4) is 0 Å². The quantitative estimate of drug-likeness (QED) is 0.615. The number of piperazine rings is 2. The molecule has 1 atom stereocenters. The Hall–Kier alpha value is -0.200. The zero-order valence-corrected chi connectivity index (χ0v) is 11.0. The number of ether oxygens (including phenoxy) is 1. The summed E-state index contributed by atoms with van der Waals surface area (Å²) in [6, 6.07) is 0. The Kier molecular flexibility index (Phi) is 5.67. The fourth-order valence-corrected chi connectivity index (χ4v) is 2.74. The van der Waals surface area contributed by atoms with Crippen molar-refractivity contribution in [1.29, 1.82) is 0 Å². The molecule has 0 aliphatic carbocycles. The van der Waals surface area contributed by atoms with Gasteiger partial charge >= 0.3 is 0 Å². The molecule has 0 bridgehead atoms. The second-order valence-electron chi connectivity index (χ2n) is 4.85. The van der Waals surface area contributed by atoms with E-state index in [2.05, 4.69) is 20.4 Å². The lowest BCUT2D eigenvalue weighted by Crippen LogP contribution is -2.62. The van der Waals surface area contributed by atoms with Crippen LogP contribution in [0.1, 0.15) is 6.42 Å². The zero-order valence-electron chi connectivity index (χ0n) is 11.0. The van der Waals surface area contributed by atoms with Gasteiger partial charge in [-0.15, -0.1) is 0 Å². The first-order valence-corrected chi connectivity index (χ1v) is 6.80. The number of hydrogen-bond acceptors (Lipinski definition) is 5. The minimum Gasteiger partial charge on any atom is -0.385 e. The average Bonchev–Trinajstić information content (AvgIpc) is 2.41. The molecule has 5 heteroatoms. The Morgan fingerprint density at radius 3 is 2.65 bits per heavy atom. The van der Waals surface area contributed by atoms with Crippen LogP contribution >= 0.6 is 0 Å². The molecule has 2 fully saturated rings. The lowest BCUT2D eigenvalue weighted by atomic mass is 10.2. The maximum atomic E-state index is 5.15. The van der Waals surface area contributed by atoms with Crippen molar-refractivity contribution in [2.45, 2.75) is 12.6 Å². The van der Waals surface area contributed by atoms with Crippen LogP contribution < -0.4 is 10.6 Å². The van der Waals surface area contributed by atoms with Gasteiger partial charge in [0.1, 0.15) is 0 Å². The maximum Gasteiger partial charge on any atom is 0.0752 e. The van der Waals surface area contributed by atoms with E-state index >= 15 is 0 Å². The van der Waals surface area contributed by atoms with Crippen molar-refractivity contribution in [2.75, 3.05) is 66.1 Å². The molecular weight excluding hydrogens is 216 g/mol. The van der Waals surface area contributed by atoms with Gasteiger partial charge in [-0.1, -0.05) is 0 Å². The van der Waals surface area contributed by atoms with Crippen LogP contribution in [0.2, 0.25) is 0 Å². The van der Waals surface area contributed by atoms with Gasteiger partial charge in [-0.2, -0.15) is 0 Å². The predicted molar refractivity (Wildman–Crippen MR) is 69.2 cm³/mol. The molecule has 0 amide bonds. The van der Waals surface area contributed by atoms with Crippen molar-refractivity contribution in [2.24, 2.45) is 0 Å². The summed E-state index contributed by atoms with van der Waals surface area (Å²) in [6.07, 6.45) is 1.72. The number of rotatable bonds is 5. The van der Waals surface area contributed by atoms with E-state index in [-0.39, 0.29) is 0 Å². The number of nitrogens with zero attached hydrogens (tertiary/aromatic N) is 2. The van der Waals surface area contributed by atoms with Gasteiger partial charge in [-0.05, 0) is 6.42 Å². The molecule has 2 heterocycles. The minimum atomic E-state index is 0.586. The van der Waals surface area contributed by atoms with Crippen LogP contribution in [0.25, 0.3) is 0 Å². The molecule has 17 heavy (non-hydrogen) atoms. The Morgan fingerprint density at radius 1 is 1.12 bits per heavy atom. The van der Waals surface area contributed by atoms with E-state index in [1.807, 2.05) is 0 Å². The molecule has 0 radical (unpaired) electrons. The summed E-state index contributed by atoms with van der Waals surface area (Å²) in [7, 11) is 1.78. The molecule has 2 rings (SSSR count). The summed E-state index contributed by atoms with van der Waals surface area (Å²) in [5.41, 5.74) is 0. The highest BCUT2D eigenvalue weighted by Crippen LogP contribution is 2.10. The van der Waals surface area contributed by atoms with E-state index in [0.29, 0.717) is 6.17 Å². The topological polar surface area (TPSA) is 39.8 Å². The normalized spacial score (nSPS) is 28.4. The van der Waals surface area contributed by atoms with Crippen molar-refractivity contribution < 1.29 is 4.74 Å². The molecule has 0 spiro atoms. The molecule has 100 valence electrons. The van der Waals surface area contributed by atoms with Crippen molar-refractivity contribution >= 4 is 0 Å². The van der Waals surface area contributed by atoms with Crippen LogP contribution in [0.4, 0.5) is 0 Å². The van der Waals surface area contributed by atoms with Gasteiger partial charge in [0.2, 0.25) is 0 Å². The van der Waals surface area contributed by atoms with Gasteiger partial charge in [0, 0.05) is 66.1 Å². The summed E-state index contributed by atoms with van der Waals surface area (Å²) in [6.45, 7) is 10.0. The Labute approximate surface area is 104 Å². The predicted octanol–water partition coefficient (Wildman–Crippen LogP) is -0.841. The number of hydrogen-bond donors (Lipinski definition) is 2. The summed E-state index contributed by atoms with van der Waals surface area (Å²) in [5, 5.41) is 6.94. The number of methoxy groups -OCH3 is 1. The van der Waals surface area contributed by atoms with E-state index in [1.54, 1.807) is 7.11 Å². The van der Waals surface area contributed by atoms with Gasteiger partial charge in [-0.3, -0.25) is 9.80 Å². The van der Waals surface area contributed by atoms with Crippen molar-refractivity contribution in [3.05, 3.63) is 0 Å². The highest BCUT2D eigenvalue weighted by Gasteiger charge is 2.27. The maximum absolute atomic E-state index is 5.15. The van der Waals surface area contributed by atoms with E-state index in [1.165, 1.54) is 13.1 Å². The molecule has 2 aliphatic heterocycles. The van der Waals surface area contributed by atoms with E-state index in [0.717, 1.165) is 52.3 Å². The summed E-state index contributed by atoms with van der Waals surface area (Å²) < 4.78 is 5.15. The van der Waals surface area contributed by atoms with Gasteiger partial charge < -0.3 is 15.4 Å². The lowest BCUT2D eigenvalue weighted by molar-refractivity contribution is 0.0124. The minimum absolute atomic E-state index is 0.586. The van der Waals surface area contributed by atoms with E-state index in [4.69, 9.17) is 4.74 Å². The molecule has 2 saturated heterocycles. The van der Waals surface area contributed by atoms with Crippen LogP contribution in [0, 0.1) is 0 Å². The molecule has 0 saturated carbocycles. The molecule has 5 nitrogen and oxygen atoms in total. The smallest absolute Gasteiger partial charge is 0.0752 e. The Bertz CT molecular complexity index is 209. The summed E-state index contributed by atoms with van der Waals surface area (Å²) in [4.78, 5) is 5.22. The van der Waals surface area contributed by atoms with E-state index < -0.39 is 0 Å². The molecule has 0 aromatic heterocycles. The highest BCUT2D eigenvalue weighted by atomic mass is 16.5. The highest BCUT2D eigenvalue weighted by molar-refractivity contribution is 4.83. The second kappa shape index (κ2) is 7.28. The van der Waals surface area contributed by atoms with Crippen molar-refractivity contribution in [3.63, 3.8) is 0 Å². The second-order valence-corrected chi connectivity index (χ2v) is 4.85. The third-order valence-electron chi connectivity index (χ3n) is 3.69. The third kappa shape index (κ3) is 3.89. The van der Waals surface area contributed by atoms with Crippen LogP contribution in [-0.4, -0.2) is 82.0 Å². The van der Waals surface area contributed by atoms with Crippen LogP contribution in [0.5, 0.6) is 0 Å². The van der Waals surface area contributed by atoms with Gasteiger partial charge in [-0.25, -0.2) is 0 Å². The molecule has 1 unspecified atom stereocenters. The first kappa shape index (κ1) is 13.2. The SMILES string of the molecule is COCCCN1CCNCC1N1CCNCC1. The van der Waals surface area contributed by atoms with Gasteiger partial charge in [0.15, 0.2) is 0 Å². The Morgan fingerprint density at radius 2 is 1.88 bits per heavy atom. The third-order valence-corrected chi connectivity index (χ3v) is 3.69. The molecule has 2 N–H and O–H groups in total.